The maximum atomic E-state index is 8.52. The van der Waals surface area contributed by atoms with Crippen LogP contribution in [0.2, 0.25) is 5.28 Å². The van der Waals surface area contributed by atoms with Crippen LogP contribution in [0.1, 0.15) is 13.3 Å². The van der Waals surface area contributed by atoms with Gasteiger partial charge in [0.25, 0.3) is 0 Å². The minimum absolute atomic E-state index is 0.0359. The van der Waals surface area contributed by atoms with Crippen LogP contribution >= 0.6 is 11.6 Å². The van der Waals surface area contributed by atoms with Gasteiger partial charge in [-0.3, -0.25) is 0 Å². The SMILES string of the molecule is CCOc1nc(Cl)nc(NCCCOCCO)n1. The molecule has 0 aliphatic carbocycles. The van der Waals surface area contributed by atoms with Crippen LogP contribution in [-0.4, -0.2) is 53.0 Å². The summed E-state index contributed by atoms with van der Waals surface area (Å²) in [5.74, 6) is 0.376. The number of aliphatic hydroxyl groups is 1. The second kappa shape index (κ2) is 8.84. The second-order valence-corrected chi connectivity index (χ2v) is 3.60. The number of nitrogens with zero attached hydrogens (tertiary/aromatic N) is 3. The van der Waals surface area contributed by atoms with Crippen LogP contribution in [0.15, 0.2) is 0 Å². The minimum atomic E-state index is 0.0359. The zero-order valence-corrected chi connectivity index (χ0v) is 11.0. The summed E-state index contributed by atoms with van der Waals surface area (Å²) in [5, 5.41) is 11.6. The molecule has 0 atom stereocenters. The van der Waals surface area contributed by atoms with Crippen molar-refractivity contribution < 1.29 is 14.6 Å². The highest BCUT2D eigenvalue weighted by atomic mass is 35.5. The molecule has 0 fully saturated rings. The normalized spacial score (nSPS) is 10.4. The molecule has 0 saturated carbocycles. The molecule has 1 aromatic heterocycles. The molecule has 1 aromatic rings. The number of rotatable bonds is 9. The zero-order valence-electron chi connectivity index (χ0n) is 10.2. The van der Waals surface area contributed by atoms with Gasteiger partial charge in [0, 0.05) is 13.2 Å². The predicted octanol–water partition coefficient (Wildman–Crippen LogP) is 0.735. The van der Waals surface area contributed by atoms with Crippen molar-refractivity contribution >= 4 is 17.5 Å². The Morgan fingerprint density at radius 2 is 2.11 bits per heavy atom. The van der Waals surface area contributed by atoms with E-state index in [0.29, 0.717) is 32.3 Å². The van der Waals surface area contributed by atoms with Crippen LogP contribution in [0.4, 0.5) is 5.95 Å². The summed E-state index contributed by atoms with van der Waals surface area (Å²) in [6.07, 6.45) is 0.771. The zero-order chi connectivity index (χ0) is 13.2. The van der Waals surface area contributed by atoms with Crippen molar-refractivity contribution in [2.45, 2.75) is 13.3 Å². The largest absolute Gasteiger partial charge is 0.464 e. The van der Waals surface area contributed by atoms with Crippen LogP contribution in [0.3, 0.4) is 0 Å². The molecule has 7 nitrogen and oxygen atoms in total. The van der Waals surface area contributed by atoms with Gasteiger partial charge in [-0.25, -0.2) is 0 Å². The van der Waals surface area contributed by atoms with E-state index < -0.39 is 0 Å². The lowest BCUT2D eigenvalue weighted by Crippen LogP contribution is -2.11. The third-order valence-electron chi connectivity index (χ3n) is 1.85. The van der Waals surface area contributed by atoms with E-state index in [1.807, 2.05) is 6.92 Å². The van der Waals surface area contributed by atoms with Gasteiger partial charge in [-0.2, -0.15) is 15.0 Å². The maximum Gasteiger partial charge on any atom is 0.322 e. The van der Waals surface area contributed by atoms with Crippen molar-refractivity contribution in [3.8, 4) is 6.01 Å². The molecule has 102 valence electrons. The van der Waals surface area contributed by atoms with Crippen molar-refractivity contribution in [1.82, 2.24) is 15.0 Å². The summed E-state index contributed by atoms with van der Waals surface area (Å²) < 4.78 is 10.3. The molecule has 1 rings (SSSR count). The summed E-state index contributed by atoms with van der Waals surface area (Å²) in [5.41, 5.74) is 0. The number of halogens is 1. The van der Waals surface area contributed by atoms with Gasteiger partial charge < -0.3 is 19.9 Å². The topological polar surface area (TPSA) is 89.4 Å². The predicted molar refractivity (Wildman–Crippen MR) is 67.0 cm³/mol. The number of nitrogens with one attached hydrogen (secondary N) is 1. The fourth-order valence-corrected chi connectivity index (χ4v) is 1.30. The monoisotopic (exact) mass is 276 g/mol. The Morgan fingerprint density at radius 3 is 2.83 bits per heavy atom. The molecule has 1 heterocycles. The molecule has 18 heavy (non-hydrogen) atoms. The van der Waals surface area contributed by atoms with Crippen LogP contribution in [0.25, 0.3) is 0 Å². The number of hydrogen-bond acceptors (Lipinski definition) is 7. The first kappa shape index (κ1) is 14.9. The molecular weight excluding hydrogens is 260 g/mol. The Kier molecular flexibility index (Phi) is 7.31. The van der Waals surface area contributed by atoms with E-state index in [0.717, 1.165) is 6.42 Å². The van der Waals surface area contributed by atoms with E-state index in [1.165, 1.54) is 0 Å². The first-order valence-electron chi connectivity index (χ1n) is 5.73. The fraction of sp³-hybridized carbons (Fsp3) is 0.700. The van der Waals surface area contributed by atoms with Gasteiger partial charge >= 0.3 is 6.01 Å². The summed E-state index contributed by atoms with van der Waals surface area (Å²) in [6, 6.07) is 0.205. The molecule has 0 radical (unpaired) electrons. The van der Waals surface area contributed by atoms with Crippen LogP contribution in [-0.2, 0) is 4.74 Å². The first-order chi connectivity index (χ1) is 8.76. The first-order valence-corrected chi connectivity index (χ1v) is 6.11. The Labute approximate surface area is 111 Å². The quantitative estimate of drug-likeness (QED) is 0.643. The van der Waals surface area contributed by atoms with Crippen molar-refractivity contribution in [2.24, 2.45) is 0 Å². The van der Waals surface area contributed by atoms with Crippen molar-refractivity contribution in [3.05, 3.63) is 5.28 Å². The van der Waals surface area contributed by atoms with Crippen LogP contribution in [0, 0.1) is 0 Å². The van der Waals surface area contributed by atoms with E-state index in [2.05, 4.69) is 20.3 Å². The average molecular weight is 277 g/mol. The fourth-order valence-electron chi connectivity index (χ4n) is 1.15. The molecule has 0 aliphatic rings. The summed E-state index contributed by atoms with van der Waals surface area (Å²) in [6.45, 7) is 3.89. The molecule has 0 bridgehead atoms. The lowest BCUT2D eigenvalue weighted by Gasteiger charge is -2.07. The lowest BCUT2D eigenvalue weighted by atomic mass is 10.4. The molecule has 0 unspecified atom stereocenters. The maximum absolute atomic E-state index is 8.52. The Morgan fingerprint density at radius 1 is 1.28 bits per heavy atom. The van der Waals surface area contributed by atoms with Gasteiger partial charge in [-0.15, -0.1) is 0 Å². The number of aliphatic hydroxyl groups excluding tert-OH is 1. The molecule has 8 heteroatoms. The minimum Gasteiger partial charge on any atom is -0.464 e. The second-order valence-electron chi connectivity index (χ2n) is 3.26. The van der Waals surface area contributed by atoms with Crippen LogP contribution < -0.4 is 10.1 Å². The Hall–Kier alpha value is -1.18. The van der Waals surface area contributed by atoms with Crippen LogP contribution in [0.5, 0.6) is 6.01 Å². The molecule has 0 aliphatic heterocycles. The van der Waals surface area contributed by atoms with Gasteiger partial charge in [0.1, 0.15) is 0 Å². The lowest BCUT2D eigenvalue weighted by molar-refractivity contribution is 0.0921. The van der Waals surface area contributed by atoms with Gasteiger partial charge in [0.05, 0.1) is 19.8 Å². The smallest absolute Gasteiger partial charge is 0.322 e. The van der Waals surface area contributed by atoms with E-state index >= 15 is 0 Å². The average Bonchev–Trinajstić information content (AvgIpc) is 2.33. The molecule has 0 saturated heterocycles. The molecule has 0 amide bonds. The van der Waals surface area contributed by atoms with Gasteiger partial charge in [0.15, 0.2) is 0 Å². The van der Waals surface area contributed by atoms with Crippen molar-refractivity contribution in [2.75, 3.05) is 38.3 Å². The Bertz CT molecular complexity index is 354. The molecule has 0 aromatic carbocycles. The van der Waals surface area contributed by atoms with Gasteiger partial charge in [-0.05, 0) is 24.9 Å². The number of aromatic nitrogens is 3. The third kappa shape index (κ3) is 5.95. The molecule has 0 spiro atoms. The highest BCUT2D eigenvalue weighted by molar-refractivity contribution is 6.28. The third-order valence-corrected chi connectivity index (χ3v) is 2.01. The van der Waals surface area contributed by atoms with Gasteiger partial charge in [-0.1, -0.05) is 0 Å². The Balaban J connectivity index is 2.32. The van der Waals surface area contributed by atoms with Crippen molar-refractivity contribution in [3.63, 3.8) is 0 Å². The standard InChI is InChI=1S/C10H17ClN4O3/c1-2-18-10-14-8(11)13-9(15-10)12-4-3-6-17-7-5-16/h16H,2-7H2,1H3,(H,12,13,14,15). The summed E-state index contributed by atoms with van der Waals surface area (Å²) >= 11 is 5.73. The highest BCUT2D eigenvalue weighted by Gasteiger charge is 2.04. The van der Waals surface area contributed by atoms with Crippen molar-refractivity contribution in [1.29, 1.82) is 0 Å². The summed E-state index contributed by atoms with van der Waals surface area (Å²) in [7, 11) is 0. The summed E-state index contributed by atoms with van der Waals surface area (Å²) in [4.78, 5) is 11.8. The van der Waals surface area contributed by atoms with E-state index in [9.17, 15) is 0 Å². The van der Waals surface area contributed by atoms with Gasteiger partial charge in [0.2, 0.25) is 11.2 Å². The van der Waals surface area contributed by atoms with E-state index in [-0.39, 0.29) is 17.9 Å². The number of anilines is 1. The van der Waals surface area contributed by atoms with E-state index in [1.54, 1.807) is 0 Å². The van der Waals surface area contributed by atoms with E-state index in [4.69, 9.17) is 26.2 Å². The highest BCUT2D eigenvalue weighted by Crippen LogP contribution is 2.11. The molecule has 2 N–H and O–H groups in total. The number of ether oxygens (including phenoxy) is 2. The number of hydrogen-bond donors (Lipinski definition) is 2. The molecular formula is C10H17ClN4O3.